The molecule has 0 aliphatic rings. The zero-order valence-electron chi connectivity index (χ0n) is 16.7. The number of benzene rings is 2. The van der Waals surface area contributed by atoms with Crippen molar-refractivity contribution in [2.45, 2.75) is 32.8 Å². The molecule has 0 radical (unpaired) electrons. The topological polar surface area (TPSA) is 85.9 Å². The monoisotopic (exact) mass is 464 g/mol. The molecule has 2 aromatic rings. The molecule has 0 aliphatic carbocycles. The highest BCUT2D eigenvalue weighted by atomic mass is 79.9. The van der Waals surface area contributed by atoms with Gasteiger partial charge in [0.2, 0.25) is 0 Å². The molecule has 0 spiro atoms. The van der Waals surface area contributed by atoms with Crippen LogP contribution in [0.25, 0.3) is 0 Å². The predicted molar refractivity (Wildman–Crippen MR) is 113 cm³/mol. The molecular weight excluding hydrogens is 440 g/mol. The van der Waals surface area contributed by atoms with E-state index in [-0.39, 0.29) is 0 Å². The molecule has 0 aromatic heterocycles. The van der Waals surface area contributed by atoms with E-state index < -0.39 is 17.9 Å². The molecule has 156 valence electrons. The largest absolute Gasteiger partial charge is 0.493 e. The first-order valence-electron chi connectivity index (χ1n) is 9.27. The fourth-order valence-corrected chi connectivity index (χ4v) is 2.58. The van der Waals surface area contributed by atoms with E-state index in [1.54, 1.807) is 37.3 Å². The van der Waals surface area contributed by atoms with Crippen LogP contribution in [-0.4, -0.2) is 31.6 Å². The van der Waals surface area contributed by atoms with Gasteiger partial charge in [-0.2, -0.15) is 0 Å². The number of hydrogen-bond acceptors (Lipinski definition) is 5. The van der Waals surface area contributed by atoms with Crippen molar-refractivity contribution in [2.75, 3.05) is 13.7 Å². The molecule has 0 saturated carbocycles. The molecule has 0 saturated heterocycles. The van der Waals surface area contributed by atoms with Crippen LogP contribution < -0.4 is 25.1 Å². The summed E-state index contributed by atoms with van der Waals surface area (Å²) < 4.78 is 17.4. The number of hydrogen-bond donors (Lipinski definition) is 2. The van der Waals surface area contributed by atoms with Gasteiger partial charge in [0.1, 0.15) is 5.75 Å². The average molecular weight is 465 g/mol. The van der Waals surface area contributed by atoms with Gasteiger partial charge in [0.05, 0.1) is 13.7 Å². The van der Waals surface area contributed by atoms with Crippen LogP contribution >= 0.6 is 15.9 Å². The van der Waals surface area contributed by atoms with E-state index >= 15 is 0 Å². The highest BCUT2D eigenvalue weighted by molar-refractivity contribution is 9.10. The number of methoxy groups -OCH3 is 1. The Labute approximate surface area is 178 Å². The Balaban J connectivity index is 1.90. The number of nitrogens with one attached hydrogen (secondary N) is 2. The Hall–Kier alpha value is -2.74. The Bertz CT molecular complexity index is 826. The second-order valence-corrected chi connectivity index (χ2v) is 7.14. The smallest absolute Gasteiger partial charge is 0.279 e. The summed E-state index contributed by atoms with van der Waals surface area (Å²) in [6.07, 6.45) is 1.16. The van der Waals surface area contributed by atoms with Crippen molar-refractivity contribution in [2.24, 2.45) is 0 Å². The maximum atomic E-state index is 12.3. The molecule has 1 atom stereocenters. The van der Waals surface area contributed by atoms with Gasteiger partial charge in [-0.05, 0) is 55.8 Å². The fraction of sp³-hybridized carbons (Fsp3) is 0.333. The molecule has 0 fully saturated rings. The average Bonchev–Trinajstić information content (AvgIpc) is 2.73. The first-order chi connectivity index (χ1) is 13.9. The van der Waals surface area contributed by atoms with Crippen LogP contribution in [0.2, 0.25) is 0 Å². The van der Waals surface area contributed by atoms with Crippen LogP contribution in [0.5, 0.6) is 17.2 Å². The minimum Gasteiger partial charge on any atom is -0.493 e. The second-order valence-electron chi connectivity index (χ2n) is 6.23. The molecule has 0 heterocycles. The lowest BCUT2D eigenvalue weighted by Crippen LogP contribution is -2.47. The lowest BCUT2D eigenvalue weighted by molar-refractivity contribution is -0.128. The van der Waals surface area contributed by atoms with Gasteiger partial charge in [0.25, 0.3) is 11.8 Å². The molecule has 29 heavy (non-hydrogen) atoms. The quantitative estimate of drug-likeness (QED) is 0.434. The third-order valence-corrected chi connectivity index (χ3v) is 4.50. The van der Waals surface area contributed by atoms with Gasteiger partial charge in [0, 0.05) is 10.0 Å². The SMILES string of the molecule is CCCCOc1ccc(C(=O)NNC(=O)C(C)Oc2ccc(Br)cc2)cc1OC. The molecule has 8 heteroatoms. The number of unbranched alkanes of at least 4 members (excludes halogenated alkanes) is 1. The van der Waals surface area contributed by atoms with E-state index in [0.717, 1.165) is 17.3 Å². The van der Waals surface area contributed by atoms with Gasteiger partial charge in [0.15, 0.2) is 17.6 Å². The third-order valence-electron chi connectivity index (χ3n) is 3.98. The molecule has 2 amide bonds. The van der Waals surface area contributed by atoms with E-state index in [4.69, 9.17) is 14.2 Å². The van der Waals surface area contributed by atoms with Gasteiger partial charge in [-0.3, -0.25) is 20.4 Å². The Morgan fingerprint density at radius 1 is 1.07 bits per heavy atom. The number of ether oxygens (including phenoxy) is 3. The first kappa shape index (κ1) is 22.5. The Kier molecular flexibility index (Phi) is 8.79. The summed E-state index contributed by atoms with van der Waals surface area (Å²) in [5.41, 5.74) is 5.06. The maximum Gasteiger partial charge on any atom is 0.279 e. The van der Waals surface area contributed by atoms with Crippen molar-refractivity contribution in [1.29, 1.82) is 0 Å². The molecule has 2 rings (SSSR count). The third kappa shape index (κ3) is 6.98. The zero-order chi connectivity index (χ0) is 21.2. The normalized spacial score (nSPS) is 11.3. The van der Waals surface area contributed by atoms with Gasteiger partial charge in [-0.1, -0.05) is 29.3 Å². The predicted octanol–water partition coefficient (Wildman–Crippen LogP) is 3.87. The van der Waals surface area contributed by atoms with Crippen LogP contribution in [0.1, 0.15) is 37.0 Å². The van der Waals surface area contributed by atoms with Gasteiger partial charge in [-0.15, -0.1) is 0 Å². The molecule has 0 aliphatic heterocycles. The van der Waals surface area contributed by atoms with Crippen molar-refractivity contribution in [1.82, 2.24) is 10.9 Å². The zero-order valence-corrected chi connectivity index (χ0v) is 18.2. The first-order valence-corrected chi connectivity index (χ1v) is 10.1. The maximum absolute atomic E-state index is 12.3. The van der Waals surface area contributed by atoms with E-state index in [1.807, 2.05) is 12.1 Å². The fourth-order valence-electron chi connectivity index (χ4n) is 2.32. The number of halogens is 1. The van der Waals surface area contributed by atoms with Crippen molar-refractivity contribution >= 4 is 27.7 Å². The minimum atomic E-state index is -0.791. The van der Waals surface area contributed by atoms with Crippen molar-refractivity contribution in [3.05, 3.63) is 52.5 Å². The summed E-state index contributed by atoms with van der Waals surface area (Å²) >= 11 is 3.33. The summed E-state index contributed by atoms with van der Waals surface area (Å²) in [4.78, 5) is 24.5. The molecule has 1 unspecified atom stereocenters. The van der Waals surface area contributed by atoms with Crippen LogP contribution in [-0.2, 0) is 4.79 Å². The van der Waals surface area contributed by atoms with Crippen molar-refractivity contribution in [3.8, 4) is 17.2 Å². The van der Waals surface area contributed by atoms with Crippen LogP contribution in [0.3, 0.4) is 0 Å². The Morgan fingerprint density at radius 3 is 2.45 bits per heavy atom. The Morgan fingerprint density at radius 2 is 1.79 bits per heavy atom. The molecule has 2 N–H and O–H groups in total. The van der Waals surface area contributed by atoms with Crippen molar-refractivity contribution < 1.29 is 23.8 Å². The summed E-state index contributed by atoms with van der Waals surface area (Å²) in [7, 11) is 1.51. The van der Waals surface area contributed by atoms with Crippen molar-refractivity contribution in [3.63, 3.8) is 0 Å². The standard InChI is InChI=1S/C21H25BrN2O5/c1-4-5-12-28-18-11-6-15(13-19(18)27-3)21(26)24-23-20(25)14(2)29-17-9-7-16(22)8-10-17/h6-11,13-14H,4-5,12H2,1-3H3,(H,23,25)(H,24,26). The molecule has 2 aromatic carbocycles. The van der Waals surface area contributed by atoms with Gasteiger partial charge < -0.3 is 14.2 Å². The van der Waals surface area contributed by atoms with Gasteiger partial charge in [-0.25, -0.2) is 0 Å². The van der Waals surface area contributed by atoms with Crippen LogP contribution in [0, 0.1) is 0 Å². The second kappa shape index (κ2) is 11.3. The van der Waals surface area contributed by atoms with E-state index in [2.05, 4.69) is 33.7 Å². The van der Waals surface area contributed by atoms with Gasteiger partial charge >= 0.3 is 0 Å². The van der Waals surface area contributed by atoms with E-state index in [0.29, 0.717) is 29.4 Å². The van der Waals surface area contributed by atoms with Crippen LogP contribution in [0.15, 0.2) is 46.9 Å². The summed E-state index contributed by atoms with van der Waals surface area (Å²) in [6, 6.07) is 11.9. The van der Waals surface area contributed by atoms with E-state index in [1.165, 1.54) is 7.11 Å². The van der Waals surface area contributed by atoms with Crippen LogP contribution in [0.4, 0.5) is 0 Å². The number of carbonyl (C=O) groups is 2. The lowest BCUT2D eigenvalue weighted by atomic mass is 10.2. The molecule has 0 bridgehead atoms. The van der Waals surface area contributed by atoms with E-state index in [9.17, 15) is 9.59 Å². The molecular formula is C21H25BrN2O5. The molecule has 7 nitrogen and oxygen atoms in total. The number of rotatable bonds is 9. The minimum absolute atomic E-state index is 0.325. The highest BCUT2D eigenvalue weighted by Crippen LogP contribution is 2.28. The number of hydrazine groups is 1. The summed E-state index contributed by atoms with van der Waals surface area (Å²) in [5.74, 6) is 0.607. The number of amides is 2. The summed E-state index contributed by atoms with van der Waals surface area (Å²) in [5, 5.41) is 0. The number of carbonyl (C=O) groups excluding carboxylic acids is 2. The highest BCUT2D eigenvalue weighted by Gasteiger charge is 2.17. The lowest BCUT2D eigenvalue weighted by Gasteiger charge is -2.16. The summed E-state index contributed by atoms with van der Waals surface area (Å²) in [6.45, 7) is 4.24.